The van der Waals surface area contributed by atoms with Gasteiger partial charge in [0.1, 0.15) is 10.8 Å². The Morgan fingerprint density at radius 1 is 1.16 bits per heavy atom. The molecule has 1 aromatic carbocycles. The molecular formula is C17H20N4O3S. The summed E-state index contributed by atoms with van der Waals surface area (Å²) < 4.78 is 0. The lowest BCUT2D eigenvalue weighted by atomic mass is 10.1. The lowest BCUT2D eigenvalue weighted by Gasteiger charge is -2.34. The van der Waals surface area contributed by atoms with Gasteiger partial charge in [-0.1, -0.05) is 0 Å². The number of rotatable bonds is 3. The van der Waals surface area contributed by atoms with Gasteiger partial charge in [-0.05, 0) is 31.2 Å². The van der Waals surface area contributed by atoms with Crippen LogP contribution in [0.2, 0.25) is 0 Å². The Hall–Kier alpha value is -2.61. The van der Waals surface area contributed by atoms with Gasteiger partial charge >= 0.3 is 6.03 Å². The molecule has 25 heavy (non-hydrogen) atoms. The Kier molecular flexibility index (Phi) is 5.18. The number of piperazine rings is 1. The molecule has 2 aromatic rings. The molecule has 8 heteroatoms. The SMILES string of the molecule is Cc1csc(CNC(=O)N2CCN(C(=O)c3ccc(O)cc3)CC2)n1. The van der Waals surface area contributed by atoms with Crippen molar-refractivity contribution in [2.45, 2.75) is 13.5 Å². The number of urea groups is 1. The molecule has 0 bridgehead atoms. The third-order valence-electron chi connectivity index (χ3n) is 4.03. The molecule has 3 rings (SSSR count). The number of aromatic nitrogens is 1. The summed E-state index contributed by atoms with van der Waals surface area (Å²) in [5.74, 6) is 0.0479. The largest absolute Gasteiger partial charge is 0.508 e. The highest BCUT2D eigenvalue weighted by Crippen LogP contribution is 2.13. The van der Waals surface area contributed by atoms with E-state index >= 15 is 0 Å². The summed E-state index contributed by atoms with van der Waals surface area (Å²) in [5.41, 5.74) is 1.49. The van der Waals surface area contributed by atoms with Crippen LogP contribution in [0.3, 0.4) is 0 Å². The number of nitrogens with zero attached hydrogens (tertiary/aromatic N) is 3. The summed E-state index contributed by atoms with van der Waals surface area (Å²) in [7, 11) is 0. The number of carbonyl (C=O) groups excluding carboxylic acids is 2. The molecule has 1 fully saturated rings. The number of hydrogen-bond donors (Lipinski definition) is 2. The quantitative estimate of drug-likeness (QED) is 0.874. The van der Waals surface area contributed by atoms with E-state index in [0.29, 0.717) is 38.3 Å². The molecule has 3 amide bonds. The molecule has 0 saturated carbocycles. The number of thiazole rings is 1. The van der Waals surface area contributed by atoms with E-state index < -0.39 is 0 Å². The average Bonchev–Trinajstić information content (AvgIpc) is 3.05. The first kappa shape index (κ1) is 17.2. The fraction of sp³-hybridized carbons (Fsp3) is 0.353. The molecule has 0 radical (unpaired) electrons. The second-order valence-corrected chi connectivity index (χ2v) is 6.81. The smallest absolute Gasteiger partial charge is 0.317 e. The van der Waals surface area contributed by atoms with Crippen LogP contribution >= 0.6 is 11.3 Å². The maximum absolute atomic E-state index is 12.4. The highest BCUT2D eigenvalue weighted by atomic mass is 32.1. The van der Waals surface area contributed by atoms with Crippen LogP contribution < -0.4 is 5.32 Å². The van der Waals surface area contributed by atoms with Crippen molar-refractivity contribution < 1.29 is 14.7 Å². The number of aromatic hydroxyl groups is 1. The van der Waals surface area contributed by atoms with E-state index in [9.17, 15) is 14.7 Å². The Balaban J connectivity index is 1.48. The first-order chi connectivity index (χ1) is 12.0. The van der Waals surface area contributed by atoms with Gasteiger partial charge in [0.15, 0.2) is 0 Å². The molecule has 0 unspecified atom stereocenters. The Bertz CT molecular complexity index is 752. The van der Waals surface area contributed by atoms with Crippen LogP contribution in [0.25, 0.3) is 0 Å². The van der Waals surface area contributed by atoms with Crippen molar-refractivity contribution in [2.24, 2.45) is 0 Å². The molecule has 1 aromatic heterocycles. The summed E-state index contributed by atoms with van der Waals surface area (Å²) in [6.45, 7) is 4.31. The number of nitrogens with one attached hydrogen (secondary N) is 1. The minimum Gasteiger partial charge on any atom is -0.508 e. The van der Waals surface area contributed by atoms with Crippen molar-refractivity contribution in [3.05, 3.63) is 45.9 Å². The van der Waals surface area contributed by atoms with Crippen molar-refractivity contribution in [3.8, 4) is 5.75 Å². The molecule has 0 atom stereocenters. The Morgan fingerprint density at radius 3 is 2.40 bits per heavy atom. The number of aryl methyl sites for hydroxylation is 1. The lowest BCUT2D eigenvalue weighted by molar-refractivity contribution is 0.0665. The fourth-order valence-electron chi connectivity index (χ4n) is 2.65. The van der Waals surface area contributed by atoms with E-state index in [1.165, 1.54) is 23.5 Å². The van der Waals surface area contributed by atoms with Gasteiger partial charge in [0.25, 0.3) is 5.91 Å². The predicted molar refractivity (Wildman–Crippen MR) is 94.7 cm³/mol. The molecule has 1 saturated heterocycles. The third-order valence-corrected chi connectivity index (χ3v) is 4.99. The maximum atomic E-state index is 12.4. The molecule has 1 aliphatic rings. The van der Waals surface area contributed by atoms with Crippen LogP contribution in [0.15, 0.2) is 29.6 Å². The van der Waals surface area contributed by atoms with E-state index in [1.54, 1.807) is 21.9 Å². The summed E-state index contributed by atoms with van der Waals surface area (Å²) in [5, 5.41) is 15.0. The number of hydrogen-bond acceptors (Lipinski definition) is 5. The highest BCUT2D eigenvalue weighted by molar-refractivity contribution is 7.09. The second-order valence-electron chi connectivity index (χ2n) is 5.87. The number of benzene rings is 1. The zero-order valence-electron chi connectivity index (χ0n) is 13.9. The van der Waals surface area contributed by atoms with Crippen LogP contribution in [-0.4, -0.2) is 58.0 Å². The zero-order chi connectivity index (χ0) is 17.8. The normalized spacial score (nSPS) is 14.4. The predicted octanol–water partition coefficient (Wildman–Crippen LogP) is 1.82. The van der Waals surface area contributed by atoms with Crippen LogP contribution in [0.4, 0.5) is 4.79 Å². The average molecular weight is 360 g/mol. The minimum absolute atomic E-state index is 0.0849. The molecule has 0 spiro atoms. The summed E-state index contributed by atoms with van der Waals surface area (Å²) in [4.78, 5) is 32.4. The summed E-state index contributed by atoms with van der Waals surface area (Å²) in [6.07, 6.45) is 0. The maximum Gasteiger partial charge on any atom is 0.317 e. The Labute approximate surface area is 149 Å². The molecular weight excluding hydrogens is 340 g/mol. The number of amides is 3. The van der Waals surface area contributed by atoms with E-state index in [-0.39, 0.29) is 17.7 Å². The van der Waals surface area contributed by atoms with Gasteiger partial charge in [-0.2, -0.15) is 0 Å². The van der Waals surface area contributed by atoms with Crippen molar-refractivity contribution >= 4 is 23.3 Å². The first-order valence-electron chi connectivity index (χ1n) is 8.05. The van der Waals surface area contributed by atoms with Crippen molar-refractivity contribution in [2.75, 3.05) is 26.2 Å². The lowest BCUT2D eigenvalue weighted by Crippen LogP contribution is -2.53. The van der Waals surface area contributed by atoms with Gasteiger partial charge in [-0.25, -0.2) is 9.78 Å². The van der Waals surface area contributed by atoms with Crippen molar-refractivity contribution in [3.63, 3.8) is 0 Å². The van der Waals surface area contributed by atoms with E-state index in [0.717, 1.165) is 10.7 Å². The molecule has 2 heterocycles. The van der Waals surface area contributed by atoms with Crippen LogP contribution in [0, 0.1) is 6.92 Å². The molecule has 2 N–H and O–H groups in total. The monoisotopic (exact) mass is 360 g/mol. The van der Waals surface area contributed by atoms with Crippen molar-refractivity contribution in [1.82, 2.24) is 20.1 Å². The zero-order valence-corrected chi connectivity index (χ0v) is 14.8. The molecule has 1 aliphatic heterocycles. The standard InChI is InChI=1S/C17H20N4O3S/c1-12-11-25-15(19-12)10-18-17(24)21-8-6-20(7-9-21)16(23)13-2-4-14(22)5-3-13/h2-5,11,22H,6-10H2,1H3,(H,18,24). The van der Waals surface area contributed by atoms with Gasteiger partial charge in [0, 0.05) is 42.8 Å². The van der Waals surface area contributed by atoms with E-state index in [1.807, 2.05) is 12.3 Å². The fourth-order valence-corrected chi connectivity index (χ4v) is 3.36. The van der Waals surface area contributed by atoms with Crippen LogP contribution in [0.1, 0.15) is 21.1 Å². The number of carbonyl (C=O) groups is 2. The molecule has 132 valence electrons. The number of phenols is 1. The third kappa shape index (κ3) is 4.27. The van der Waals surface area contributed by atoms with Gasteiger partial charge in [-0.15, -0.1) is 11.3 Å². The summed E-state index contributed by atoms with van der Waals surface area (Å²) in [6, 6.07) is 6.07. The van der Waals surface area contributed by atoms with Gasteiger partial charge in [-0.3, -0.25) is 4.79 Å². The minimum atomic E-state index is -0.135. The Morgan fingerprint density at radius 2 is 1.80 bits per heavy atom. The highest BCUT2D eigenvalue weighted by Gasteiger charge is 2.24. The van der Waals surface area contributed by atoms with E-state index in [2.05, 4.69) is 10.3 Å². The van der Waals surface area contributed by atoms with Crippen molar-refractivity contribution in [1.29, 1.82) is 0 Å². The molecule has 0 aliphatic carbocycles. The topological polar surface area (TPSA) is 85.8 Å². The second kappa shape index (κ2) is 7.52. The number of phenolic OH excluding ortho intramolecular Hbond substituents is 1. The van der Waals surface area contributed by atoms with Gasteiger partial charge in [0.05, 0.1) is 6.54 Å². The molecule has 7 nitrogen and oxygen atoms in total. The van der Waals surface area contributed by atoms with Gasteiger partial charge in [0.2, 0.25) is 0 Å². The summed E-state index contributed by atoms with van der Waals surface area (Å²) >= 11 is 1.53. The first-order valence-corrected chi connectivity index (χ1v) is 8.93. The van der Waals surface area contributed by atoms with Gasteiger partial charge < -0.3 is 20.2 Å². The van der Waals surface area contributed by atoms with Crippen LogP contribution in [0.5, 0.6) is 5.75 Å². The van der Waals surface area contributed by atoms with E-state index in [4.69, 9.17) is 0 Å². The van der Waals surface area contributed by atoms with Crippen LogP contribution in [-0.2, 0) is 6.54 Å².